The molecule has 0 radical (unpaired) electrons. The predicted octanol–water partition coefficient (Wildman–Crippen LogP) is 1.91. The molecule has 0 fully saturated rings. The largest absolute Gasteiger partial charge is 0.490 e. The summed E-state index contributed by atoms with van der Waals surface area (Å²) in [5.41, 5.74) is 6.13. The molecule has 0 bridgehead atoms. The van der Waals surface area contributed by atoms with E-state index in [1.165, 1.54) is 19.4 Å². The number of pyridine rings is 1. The van der Waals surface area contributed by atoms with Crippen molar-refractivity contribution in [2.24, 2.45) is 0 Å². The Balaban J connectivity index is 1.87. The van der Waals surface area contributed by atoms with E-state index in [1.54, 1.807) is 0 Å². The quantitative estimate of drug-likeness (QED) is 0.645. The van der Waals surface area contributed by atoms with Crippen molar-refractivity contribution in [2.75, 3.05) is 26.1 Å². The molecule has 6 nitrogen and oxygen atoms in total. The summed E-state index contributed by atoms with van der Waals surface area (Å²) in [6, 6.07) is 10.9. The lowest BCUT2D eigenvalue weighted by atomic mass is 10.2. The molecule has 0 saturated carbocycles. The number of aromatic nitrogens is 1. The molecule has 1 aromatic heterocycles. The van der Waals surface area contributed by atoms with Crippen molar-refractivity contribution in [3.63, 3.8) is 0 Å². The van der Waals surface area contributed by atoms with Crippen molar-refractivity contribution in [2.45, 2.75) is 0 Å². The molecule has 0 unspecified atom stereocenters. The van der Waals surface area contributed by atoms with Gasteiger partial charge in [0.25, 0.3) is 0 Å². The summed E-state index contributed by atoms with van der Waals surface area (Å²) in [6.45, 7) is 0.663. The van der Waals surface area contributed by atoms with Crippen LogP contribution in [0.25, 0.3) is 0 Å². The van der Waals surface area contributed by atoms with Gasteiger partial charge in [-0.15, -0.1) is 0 Å². The van der Waals surface area contributed by atoms with Crippen LogP contribution in [0.2, 0.25) is 0 Å². The number of anilines is 1. The highest BCUT2D eigenvalue weighted by molar-refractivity contribution is 5.95. The highest BCUT2D eigenvalue weighted by atomic mass is 16.5. The molecule has 6 heteroatoms. The first-order valence-electron chi connectivity index (χ1n) is 6.35. The van der Waals surface area contributed by atoms with Crippen LogP contribution in [0.1, 0.15) is 10.4 Å². The van der Waals surface area contributed by atoms with Gasteiger partial charge >= 0.3 is 5.97 Å². The lowest BCUT2D eigenvalue weighted by molar-refractivity contribution is 0.0601. The van der Waals surface area contributed by atoms with E-state index in [1.807, 2.05) is 30.3 Å². The number of para-hydroxylation sites is 1. The number of hydrogen-bond acceptors (Lipinski definition) is 6. The fourth-order valence-electron chi connectivity index (χ4n) is 1.63. The van der Waals surface area contributed by atoms with Gasteiger partial charge in [-0.1, -0.05) is 18.2 Å². The number of benzene rings is 1. The van der Waals surface area contributed by atoms with Crippen molar-refractivity contribution < 1.29 is 19.0 Å². The summed E-state index contributed by atoms with van der Waals surface area (Å²) < 4.78 is 15.5. The third-order valence-electron chi connectivity index (χ3n) is 2.66. The highest BCUT2D eigenvalue weighted by Gasteiger charge is 2.12. The van der Waals surface area contributed by atoms with Crippen LogP contribution in [-0.4, -0.2) is 31.3 Å². The van der Waals surface area contributed by atoms with Crippen LogP contribution in [0.3, 0.4) is 0 Å². The Morgan fingerprint density at radius 3 is 2.62 bits per heavy atom. The molecule has 2 rings (SSSR count). The molecule has 0 spiro atoms. The van der Waals surface area contributed by atoms with Gasteiger partial charge in [-0.2, -0.15) is 0 Å². The number of nitrogens with zero attached hydrogens (tertiary/aromatic N) is 1. The number of nitrogen functional groups attached to an aromatic ring is 1. The molecule has 2 aromatic rings. The Morgan fingerprint density at radius 2 is 1.90 bits per heavy atom. The van der Waals surface area contributed by atoms with Gasteiger partial charge in [0.15, 0.2) is 0 Å². The second kappa shape index (κ2) is 7.14. The Kier molecular flexibility index (Phi) is 4.98. The number of ether oxygens (including phenoxy) is 3. The molecule has 0 saturated heterocycles. The minimum atomic E-state index is -0.528. The Morgan fingerprint density at radius 1 is 1.19 bits per heavy atom. The van der Waals surface area contributed by atoms with Gasteiger partial charge < -0.3 is 19.9 Å². The second-order valence-corrected chi connectivity index (χ2v) is 4.11. The Labute approximate surface area is 122 Å². The van der Waals surface area contributed by atoms with E-state index in [-0.39, 0.29) is 11.3 Å². The van der Waals surface area contributed by atoms with E-state index in [0.29, 0.717) is 19.1 Å². The molecule has 1 heterocycles. The number of carbonyl (C=O) groups excluding carboxylic acids is 1. The zero-order valence-corrected chi connectivity index (χ0v) is 11.6. The van der Waals surface area contributed by atoms with Crippen LogP contribution in [0.4, 0.5) is 5.69 Å². The molecule has 0 aliphatic carbocycles. The summed E-state index contributed by atoms with van der Waals surface area (Å²) in [7, 11) is 1.29. The molecule has 0 atom stereocenters. The van der Waals surface area contributed by atoms with Crippen LogP contribution in [0.15, 0.2) is 42.6 Å². The average molecular weight is 288 g/mol. The summed E-state index contributed by atoms with van der Waals surface area (Å²) in [4.78, 5) is 15.5. The molecule has 2 N–H and O–H groups in total. The molecule has 0 aliphatic rings. The van der Waals surface area contributed by atoms with Gasteiger partial charge in [0.1, 0.15) is 19.0 Å². The first-order valence-corrected chi connectivity index (χ1v) is 6.35. The first-order chi connectivity index (χ1) is 10.2. The molecule has 1 aromatic carbocycles. The number of carbonyl (C=O) groups is 1. The Hall–Kier alpha value is -2.76. The second-order valence-electron chi connectivity index (χ2n) is 4.11. The smallest absolute Gasteiger partial charge is 0.340 e. The van der Waals surface area contributed by atoms with Crippen LogP contribution < -0.4 is 15.2 Å². The molecule has 110 valence electrons. The molecule has 21 heavy (non-hydrogen) atoms. The fourth-order valence-corrected chi connectivity index (χ4v) is 1.63. The third-order valence-corrected chi connectivity index (χ3v) is 2.66. The zero-order valence-electron chi connectivity index (χ0n) is 11.6. The topological polar surface area (TPSA) is 83.7 Å². The van der Waals surface area contributed by atoms with Gasteiger partial charge in [-0.05, 0) is 12.1 Å². The normalized spacial score (nSPS) is 9.95. The van der Waals surface area contributed by atoms with E-state index in [2.05, 4.69) is 9.72 Å². The molecule has 0 amide bonds. The molecule has 0 aliphatic heterocycles. The fraction of sp³-hybridized carbons (Fsp3) is 0.200. The summed E-state index contributed by atoms with van der Waals surface area (Å²) >= 11 is 0. The van der Waals surface area contributed by atoms with Gasteiger partial charge in [0.2, 0.25) is 5.88 Å². The third kappa shape index (κ3) is 4.10. The van der Waals surface area contributed by atoms with Crippen molar-refractivity contribution >= 4 is 11.7 Å². The number of esters is 1. The number of hydrogen-bond donors (Lipinski definition) is 1. The maximum absolute atomic E-state index is 11.5. The van der Waals surface area contributed by atoms with Crippen molar-refractivity contribution in [1.82, 2.24) is 4.98 Å². The van der Waals surface area contributed by atoms with Gasteiger partial charge in [0, 0.05) is 6.07 Å². The van der Waals surface area contributed by atoms with Gasteiger partial charge in [-0.25, -0.2) is 9.78 Å². The maximum atomic E-state index is 11.5. The van der Waals surface area contributed by atoms with Crippen molar-refractivity contribution in [3.05, 3.63) is 48.2 Å². The predicted molar refractivity (Wildman–Crippen MR) is 77.4 cm³/mol. The SMILES string of the molecule is COC(=O)c1cc(OCCOc2ccccc2)ncc1N. The standard InChI is InChI=1S/C15H16N2O4/c1-19-15(18)12-9-14(17-10-13(12)16)21-8-7-20-11-5-3-2-4-6-11/h2-6,9-10H,7-8,16H2,1H3. The lowest BCUT2D eigenvalue weighted by Gasteiger charge is -2.09. The van der Waals surface area contributed by atoms with Crippen LogP contribution in [0, 0.1) is 0 Å². The van der Waals surface area contributed by atoms with E-state index < -0.39 is 5.97 Å². The Bertz CT molecular complexity index is 602. The lowest BCUT2D eigenvalue weighted by Crippen LogP contribution is -2.11. The number of methoxy groups -OCH3 is 1. The highest BCUT2D eigenvalue weighted by Crippen LogP contribution is 2.17. The van der Waals surface area contributed by atoms with Crippen molar-refractivity contribution in [3.8, 4) is 11.6 Å². The minimum Gasteiger partial charge on any atom is -0.490 e. The zero-order chi connectivity index (χ0) is 15.1. The number of nitrogens with two attached hydrogens (primary N) is 1. The molecular weight excluding hydrogens is 272 g/mol. The van der Waals surface area contributed by atoms with E-state index >= 15 is 0 Å². The van der Waals surface area contributed by atoms with Crippen molar-refractivity contribution in [1.29, 1.82) is 0 Å². The van der Waals surface area contributed by atoms with Crippen LogP contribution in [0.5, 0.6) is 11.6 Å². The minimum absolute atomic E-state index is 0.228. The number of rotatable bonds is 6. The van der Waals surface area contributed by atoms with Crippen LogP contribution in [-0.2, 0) is 4.74 Å². The first kappa shape index (κ1) is 14.6. The van der Waals surface area contributed by atoms with Gasteiger partial charge in [-0.3, -0.25) is 0 Å². The summed E-state index contributed by atoms with van der Waals surface area (Å²) in [5.74, 6) is 0.531. The van der Waals surface area contributed by atoms with E-state index in [4.69, 9.17) is 15.2 Å². The summed E-state index contributed by atoms with van der Waals surface area (Å²) in [5, 5.41) is 0. The average Bonchev–Trinajstić information content (AvgIpc) is 2.53. The summed E-state index contributed by atoms with van der Waals surface area (Å²) in [6.07, 6.45) is 1.36. The monoisotopic (exact) mass is 288 g/mol. The van der Waals surface area contributed by atoms with Gasteiger partial charge in [0.05, 0.1) is 24.6 Å². The van der Waals surface area contributed by atoms with E-state index in [9.17, 15) is 4.79 Å². The van der Waals surface area contributed by atoms with Crippen LogP contribution >= 0.6 is 0 Å². The van der Waals surface area contributed by atoms with E-state index in [0.717, 1.165) is 5.75 Å². The molecular formula is C15H16N2O4. The maximum Gasteiger partial charge on any atom is 0.340 e.